The van der Waals surface area contributed by atoms with Crippen molar-refractivity contribution >= 4 is 11.9 Å². The standard InChI is InChI=1S/C18H22FNO3/c1-2-3-10-15(16(21)22)20-17(23)18(11-6-7-12-18)13-8-4-5-9-14(13)19/h2-5,8-9,15H,6-7,10-12H2,1H3,(H,20,23)(H,21,22)/b3-2+. The third-order valence-electron chi connectivity index (χ3n) is 4.49. The molecule has 4 nitrogen and oxygen atoms in total. The van der Waals surface area contributed by atoms with Gasteiger partial charge in [0.15, 0.2) is 0 Å². The second-order valence-corrected chi connectivity index (χ2v) is 5.94. The molecule has 2 N–H and O–H groups in total. The van der Waals surface area contributed by atoms with E-state index in [-0.39, 0.29) is 6.42 Å². The second kappa shape index (κ2) is 7.40. The molecule has 0 aromatic heterocycles. The van der Waals surface area contributed by atoms with Gasteiger partial charge in [0.25, 0.3) is 0 Å². The van der Waals surface area contributed by atoms with Gasteiger partial charge in [0.1, 0.15) is 11.9 Å². The van der Waals surface area contributed by atoms with E-state index in [1.54, 1.807) is 37.3 Å². The van der Waals surface area contributed by atoms with Crippen LogP contribution in [0.3, 0.4) is 0 Å². The van der Waals surface area contributed by atoms with Crippen LogP contribution in [0.15, 0.2) is 36.4 Å². The summed E-state index contributed by atoms with van der Waals surface area (Å²) in [6.45, 7) is 1.79. The third-order valence-corrected chi connectivity index (χ3v) is 4.49. The highest BCUT2D eigenvalue weighted by molar-refractivity contribution is 5.92. The average molecular weight is 319 g/mol. The summed E-state index contributed by atoms with van der Waals surface area (Å²) in [6, 6.07) is 5.27. The zero-order valence-corrected chi connectivity index (χ0v) is 13.2. The highest BCUT2D eigenvalue weighted by Gasteiger charge is 2.45. The molecule has 1 aromatic carbocycles. The minimum Gasteiger partial charge on any atom is -0.480 e. The molecule has 1 unspecified atom stereocenters. The van der Waals surface area contributed by atoms with Crippen LogP contribution >= 0.6 is 0 Å². The molecule has 2 rings (SSSR count). The zero-order valence-electron chi connectivity index (χ0n) is 13.2. The molecule has 1 saturated carbocycles. The molecular weight excluding hydrogens is 297 g/mol. The van der Waals surface area contributed by atoms with E-state index in [1.165, 1.54) is 6.07 Å². The van der Waals surface area contributed by atoms with Gasteiger partial charge in [0.05, 0.1) is 5.41 Å². The van der Waals surface area contributed by atoms with Crippen LogP contribution in [-0.2, 0) is 15.0 Å². The number of carbonyl (C=O) groups excluding carboxylic acids is 1. The number of hydrogen-bond donors (Lipinski definition) is 2. The molecule has 0 radical (unpaired) electrons. The van der Waals surface area contributed by atoms with Crippen molar-refractivity contribution in [2.75, 3.05) is 0 Å². The molecule has 1 atom stereocenters. The number of aliphatic carboxylic acids is 1. The molecule has 23 heavy (non-hydrogen) atoms. The maximum atomic E-state index is 14.2. The SMILES string of the molecule is C/C=C/CC(NC(=O)C1(c2ccccc2F)CCCC1)C(=O)O. The van der Waals surface area contributed by atoms with Gasteiger partial charge in [-0.3, -0.25) is 4.79 Å². The van der Waals surface area contributed by atoms with Gasteiger partial charge in [-0.15, -0.1) is 0 Å². The lowest BCUT2D eigenvalue weighted by molar-refractivity contribution is -0.142. The van der Waals surface area contributed by atoms with E-state index >= 15 is 0 Å². The summed E-state index contributed by atoms with van der Waals surface area (Å²) in [7, 11) is 0. The van der Waals surface area contributed by atoms with Crippen molar-refractivity contribution in [3.05, 3.63) is 47.8 Å². The van der Waals surface area contributed by atoms with E-state index in [4.69, 9.17) is 0 Å². The van der Waals surface area contributed by atoms with Crippen LogP contribution in [-0.4, -0.2) is 23.0 Å². The van der Waals surface area contributed by atoms with Gasteiger partial charge >= 0.3 is 5.97 Å². The summed E-state index contributed by atoms with van der Waals surface area (Å²) >= 11 is 0. The molecule has 124 valence electrons. The summed E-state index contributed by atoms with van der Waals surface area (Å²) in [4.78, 5) is 24.2. The fourth-order valence-electron chi connectivity index (χ4n) is 3.24. The Morgan fingerprint density at radius 3 is 2.57 bits per heavy atom. The number of carbonyl (C=O) groups is 2. The van der Waals surface area contributed by atoms with E-state index < -0.39 is 29.2 Å². The molecule has 1 aliphatic rings. The van der Waals surface area contributed by atoms with Crippen molar-refractivity contribution in [2.45, 2.75) is 50.5 Å². The van der Waals surface area contributed by atoms with Crippen molar-refractivity contribution < 1.29 is 19.1 Å². The Morgan fingerprint density at radius 2 is 2.00 bits per heavy atom. The zero-order chi connectivity index (χ0) is 16.9. The Labute approximate surface area is 135 Å². The Bertz CT molecular complexity index is 606. The van der Waals surface area contributed by atoms with Crippen LogP contribution in [0.1, 0.15) is 44.6 Å². The van der Waals surface area contributed by atoms with Crippen LogP contribution < -0.4 is 5.32 Å². The molecule has 0 bridgehead atoms. The number of benzene rings is 1. The number of carboxylic acids is 1. The first-order chi connectivity index (χ1) is 11.0. The number of carboxylic acid groups (broad SMARTS) is 1. The Hall–Kier alpha value is -2.17. The maximum Gasteiger partial charge on any atom is 0.326 e. The molecule has 1 aromatic rings. The smallest absolute Gasteiger partial charge is 0.326 e. The molecule has 0 aliphatic heterocycles. The lowest BCUT2D eigenvalue weighted by Gasteiger charge is -2.30. The summed E-state index contributed by atoms with van der Waals surface area (Å²) in [5.74, 6) is -1.89. The van der Waals surface area contributed by atoms with Gasteiger partial charge in [-0.2, -0.15) is 0 Å². The first-order valence-corrected chi connectivity index (χ1v) is 7.91. The lowest BCUT2D eigenvalue weighted by atomic mass is 9.77. The molecular formula is C18H22FNO3. The van der Waals surface area contributed by atoms with Crippen molar-refractivity contribution in [1.29, 1.82) is 0 Å². The van der Waals surface area contributed by atoms with Crippen molar-refractivity contribution in [2.24, 2.45) is 0 Å². The highest BCUT2D eigenvalue weighted by atomic mass is 19.1. The van der Waals surface area contributed by atoms with Gasteiger partial charge in [-0.25, -0.2) is 9.18 Å². The normalized spacial score (nSPS) is 18.0. The molecule has 0 saturated heterocycles. The largest absolute Gasteiger partial charge is 0.480 e. The summed E-state index contributed by atoms with van der Waals surface area (Å²) in [5, 5.41) is 11.9. The van der Waals surface area contributed by atoms with Gasteiger partial charge in [-0.1, -0.05) is 43.2 Å². The molecule has 0 spiro atoms. The first-order valence-electron chi connectivity index (χ1n) is 7.91. The summed E-state index contributed by atoms with van der Waals surface area (Å²) < 4.78 is 14.2. The number of amides is 1. The van der Waals surface area contributed by atoms with Crippen molar-refractivity contribution in [3.63, 3.8) is 0 Å². The third kappa shape index (κ3) is 3.60. The summed E-state index contributed by atoms with van der Waals surface area (Å²) in [6.07, 6.45) is 6.38. The molecule has 1 fully saturated rings. The lowest BCUT2D eigenvalue weighted by Crippen LogP contribution is -2.49. The summed E-state index contributed by atoms with van der Waals surface area (Å²) in [5.41, 5.74) is -0.597. The number of hydrogen-bond acceptors (Lipinski definition) is 2. The monoisotopic (exact) mass is 319 g/mol. The van der Waals surface area contributed by atoms with Gasteiger partial charge in [0.2, 0.25) is 5.91 Å². The van der Waals surface area contributed by atoms with Crippen molar-refractivity contribution in [3.8, 4) is 0 Å². The van der Waals surface area contributed by atoms with Gasteiger partial charge < -0.3 is 10.4 Å². The highest BCUT2D eigenvalue weighted by Crippen LogP contribution is 2.42. The van der Waals surface area contributed by atoms with Crippen LogP contribution in [0.4, 0.5) is 4.39 Å². The van der Waals surface area contributed by atoms with Gasteiger partial charge in [0, 0.05) is 5.56 Å². The second-order valence-electron chi connectivity index (χ2n) is 5.94. The minimum absolute atomic E-state index is 0.213. The Kier molecular flexibility index (Phi) is 5.53. The van der Waals surface area contributed by atoms with E-state index in [1.807, 2.05) is 0 Å². The number of halogens is 1. The maximum absolute atomic E-state index is 14.2. The van der Waals surface area contributed by atoms with Gasteiger partial charge in [-0.05, 0) is 32.3 Å². The van der Waals surface area contributed by atoms with E-state index in [9.17, 15) is 19.1 Å². The predicted molar refractivity (Wildman–Crippen MR) is 85.5 cm³/mol. The Morgan fingerprint density at radius 1 is 1.35 bits per heavy atom. The quantitative estimate of drug-likeness (QED) is 0.792. The van der Waals surface area contributed by atoms with Crippen LogP contribution in [0.25, 0.3) is 0 Å². The van der Waals surface area contributed by atoms with Crippen molar-refractivity contribution in [1.82, 2.24) is 5.32 Å². The minimum atomic E-state index is -1.09. The van der Waals surface area contributed by atoms with Crippen LogP contribution in [0, 0.1) is 5.82 Å². The van der Waals surface area contributed by atoms with Crippen LogP contribution in [0.5, 0.6) is 0 Å². The topological polar surface area (TPSA) is 66.4 Å². The number of rotatable bonds is 6. The first kappa shape index (κ1) is 17.2. The van der Waals surface area contributed by atoms with E-state index in [0.29, 0.717) is 18.4 Å². The van der Waals surface area contributed by atoms with E-state index in [0.717, 1.165) is 12.8 Å². The van der Waals surface area contributed by atoms with Crippen LogP contribution in [0.2, 0.25) is 0 Å². The fourth-order valence-corrected chi connectivity index (χ4v) is 3.24. The number of nitrogens with one attached hydrogen (secondary N) is 1. The molecule has 5 heteroatoms. The fraction of sp³-hybridized carbons (Fsp3) is 0.444. The average Bonchev–Trinajstić information content (AvgIpc) is 3.02. The number of allylic oxidation sites excluding steroid dienone is 1. The Balaban J connectivity index is 2.29. The molecule has 0 heterocycles. The predicted octanol–water partition coefficient (Wildman–Crippen LogP) is 3.17. The molecule has 1 amide bonds. The van der Waals surface area contributed by atoms with E-state index in [2.05, 4.69) is 5.32 Å². The molecule has 1 aliphatic carbocycles.